The Balaban J connectivity index is 1.57. The molecule has 0 aromatic heterocycles. The Morgan fingerprint density at radius 3 is 2.12 bits per heavy atom. The van der Waals surface area contributed by atoms with Gasteiger partial charge < -0.3 is 20.5 Å². The van der Waals surface area contributed by atoms with Crippen LogP contribution in [-0.2, 0) is 15.7 Å². The SMILES string of the molecule is CC(C)(C)OC(=O)N(C(=O)O)c1c(F)ccc(NC(=O)c2cc(NC(=O)[C@H]3[C@H](c4ccc(F)c(C(F)(F)F)c4)C3(Cl)Cl)ccc2Cl)c1F. The van der Waals surface area contributed by atoms with Crippen LogP contribution in [0.3, 0.4) is 0 Å². The van der Waals surface area contributed by atoms with Gasteiger partial charge in [-0.15, -0.1) is 23.2 Å². The van der Waals surface area contributed by atoms with Crippen molar-refractivity contribution >= 4 is 75.9 Å². The Labute approximate surface area is 282 Å². The fourth-order valence-corrected chi connectivity index (χ4v) is 5.65. The van der Waals surface area contributed by atoms with Crippen LogP contribution < -0.4 is 15.5 Å². The number of hydrogen-bond donors (Lipinski definition) is 3. The van der Waals surface area contributed by atoms with Crippen molar-refractivity contribution in [2.24, 2.45) is 5.92 Å². The number of nitrogens with zero attached hydrogens (tertiary/aromatic N) is 1. The molecule has 18 heteroatoms. The van der Waals surface area contributed by atoms with Gasteiger partial charge in [0.05, 0.1) is 27.8 Å². The van der Waals surface area contributed by atoms with Crippen molar-refractivity contribution in [1.82, 2.24) is 0 Å². The number of hydrogen-bond acceptors (Lipinski definition) is 5. The molecule has 0 spiro atoms. The van der Waals surface area contributed by atoms with Gasteiger partial charge in [0.15, 0.2) is 11.6 Å². The van der Waals surface area contributed by atoms with Gasteiger partial charge in [-0.1, -0.05) is 17.7 Å². The summed E-state index contributed by atoms with van der Waals surface area (Å²) in [6.45, 7) is 4.16. The third-order valence-corrected chi connectivity index (χ3v) is 8.05. The highest BCUT2D eigenvalue weighted by molar-refractivity contribution is 6.53. The molecule has 0 unspecified atom stereocenters. The van der Waals surface area contributed by atoms with E-state index in [9.17, 15) is 46.2 Å². The van der Waals surface area contributed by atoms with Crippen molar-refractivity contribution in [1.29, 1.82) is 0 Å². The number of halogens is 9. The summed E-state index contributed by atoms with van der Waals surface area (Å²) in [4.78, 5) is 50.1. The zero-order valence-electron chi connectivity index (χ0n) is 24.6. The number of carboxylic acid groups (broad SMARTS) is 1. The summed E-state index contributed by atoms with van der Waals surface area (Å²) in [5.41, 5.74) is -5.59. The van der Waals surface area contributed by atoms with Crippen molar-refractivity contribution in [2.75, 3.05) is 15.5 Å². The zero-order chi connectivity index (χ0) is 36.1. The van der Waals surface area contributed by atoms with Crippen molar-refractivity contribution < 1.29 is 55.4 Å². The van der Waals surface area contributed by atoms with E-state index < -0.39 is 86.3 Å². The van der Waals surface area contributed by atoms with Gasteiger partial charge in [0.1, 0.15) is 21.4 Å². The largest absolute Gasteiger partial charge is 0.464 e. The summed E-state index contributed by atoms with van der Waals surface area (Å²) in [5, 5.41) is 13.8. The lowest BCUT2D eigenvalue weighted by Gasteiger charge is -2.25. The molecule has 0 saturated heterocycles. The molecule has 3 aromatic rings. The smallest absolute Gasteiger partial charge is 0.424 e. The number of anilines is 3. The van der Waals surface area contributed by atoms with Gasteiger partial charge in [0.25, 0.3) is 5.91 Å². The molecule has 48 heavy (non-hydrogen) atoms. The molecule has 3 aromatic carbocycles. The molecule has 1 aliphatic rings. The number of nitrogens with one attached hydrogen (secondary N) is 2. The Bertz CT molecular complexity index is 1830. The maximum atomic E-state index is 15.5. The third kappa shape index (κ3) is 7.58. The summed E-state index contributed by atoms with van der Waals surface area (Å²) >= 11 is 18.6. The molecule has 2 atom stereocenters. The minimum atomic E-state index is -5.03. The van der Waals surface area contributed by atoms with Crippen molar-refractivity contribution in [3.63, 3.8) is 0 Å². The number of amides is 4. The minimum absolute atomic E-state index is 0.0957. The molecule has 0 aliphatic heterocycles. The predicted molar refractivity (Wildman–Crippen MR) is 163 cm³/mol. The quantitative estimate of drug-likeness (QED) is 0.171. The van der Waals surface area contributed by atoms with E-state index in [4.69, 9.17) is 39.5 Å². The van der Waals surface area contributed by atoms with Crippen LogP contribution in [0.25, 0.3) is 0 Å². The van der Waals surface area contributed by atoms with Crippen LogP contribution in [0.4, 0.5) is 53.0 Å². The van der Waals surface area contributed by atoms with Crippen molar-refractivity contribution in [2.45, 2.75) is 42.8 Å². The number of alkyl halides is 5. The number of rotatable bonds is 6. The Morgan fingerprint density at radius 1 is 0.917 bits per heavy atom. The molecular weight excluding hydrogens is 719 g/mol. The second-order valence-corrected chi connectivity index (χ2v) is 13.2. The van der Waals surface area contributed by atoms with Gasteiger partial charge >= 0.3 is 18.4 Å². The molecule has 4 amide bonds. The van der Waals surface area contributed by atoms with Gasteiger partial charge in [-0.3, -0.25) is 9.59 Å². The summed E-state index contributed by atoms with van der Waals surface area (Å²) < 4.78 is 86.6. The average molecular weight is 741 g/mol. The van der Waals surface area contributed by atoms with Crippen LogP contribution >= 0.6 is 34.8 Å². The molecule has 0 bridgehead atoms. The van der Waals surface area contributed by atoms with Crippen molar-refractivity contribution in [3.05, 3.63) is 87.7 Å². The minimum Gasteiger partial charge on any atom is -0.464 e. The third-order valence-electron chi connectivity index (χ3n) is 6.78. The summed E-state index contributed by atoms with van der Waals surface area (Å²) in [5.74, 6) is -9.17. The second-order valence-electron chi connectivity index (χ2n) is 11.4. The van der Waals surface area contributed by atoms with Crippen LogP contribution in [0.5, 0.6) is 0 Å². The number of ether oxygens (including phenoxy) is 1. The van der Waals surface area contributed by atoms with Gasteiger partial charge in [-0.25, -0.2) is 22.8 Å². The van der Waals surface area contributed by atoms with E-state index in [1.165, 1.54) is 26.8 Å². The monoisotopic (exact) mass is 739 g/mol. The Morgan fingerprint density at radius 2 is 1.54 bits per heavy atom. The molecule has 256 valence electrons. The van der Waals surface area contributed by atoms with Crippen LogP contribution in [0.1, 0.15) is 48.2 Å². The lowest BCUT2D eigenvalue weighted by atomic mass is 10.0. The Kier molecular flexibility index (Phi) is 9.93. The molecule has 0 heterocycles. The topological polar surface area (TPSA) is 125 Å². The van der Waals surface area contributed by atoms with Crippen LogP contribution in [0, 0.1) is 23.4 Å². The van der Waals surface area contributed by atoms with Crippen LogP contribution in [0.2, 0.25) is 5.02 Å². The highest BCUT2D eigenvalue weighted by Gasteiger charge is 2.67. The van der Waals surface area contributed by atoms with Gasteiger partial charge in [-0.05, 0) is 68.8 Å². The first-order chi connectivity index (χ1) is 22.0. The fraction of sp³-hybridized carbons (Fsp3) is 0.267. The highest BCUT2D eigenvalue weighted by Crippen LogP contribution is 2.65. The predicted octanol–water partition coefficient (Wildman–Crippen LogP) is 8.97. The number of carbonyl (C=O) groups excluding carboxylic acids is 3. The normalized spacial score (nSPS) is 16.9. The van der Waals surface area contributed by atoms with E-state index in [2.05, 4.69) is 10.6 Å². The zero-order valence-corrected chi connectivity index (χ0v) is 26.9. The first kappa shape index (κ1) is 36.6. The van der Waals surface area contributed by atoms with E-state index in [1.54, 1.807) is 0 Å². The average Bonchev–Trinajstić information content (AvgIpc) is 3.53. The molecule has 1 fully saturated rings. The standard InChI is InChI=1S/C30H22Cl3F6N3O6/c1-28(2,3)48-27(47)42(26(45)46)23-18(35)8-9-19(22(23)36)41-24(43)14-11-13(5-6-16(14)31)40-25(44)21-20(29(21,32)33)12-4-7-17(34)15(10-12)30(37,38)39/h4-11,20-21H,1-3H3,(H,40,44)(H,41,43)(H,45,46)/t20-,21+/m0/s1. The first-order valence-corrected chi connectivity index (χ1v) is 14.6. The molecule has 4 rings (SSSR count). The maximum absolute atomic E-state index is 15.5. The van der Waals surface area contributed by atoms with Gasteiger partial charge in [0, 0.05) is 11.6 Å². The lowest BCUT2D eigenvalue weighted by molar-refractivity contribution is -0.140. The highest BCUT2D eigenvalue weighted by atomic mass is 35.5. The van der Waals surface area contributed by atoms with E-state index in [1.807, 2.05) is 0 Å². The maximum Gasteiger partial charge on any atom is 0.424 e. The summed E-state index contributed by atoms with van der Waals surface area (Å²) in [6, 6.07) is 6.83. The molecule has 1 saturated carbocycles. The van der Waals surface area contributed by atoms with Crippen LogP contribution in [-0.4, -0.2) is 39.0 Å². The van der Waals surface area contributed by atoms with Crippen molar-refractivity contribution in [3.8, 4) is 0 Å². The second kappa shape index (κ2) is 13.0. The fourth-order valence-electron chi connectivity index (χ4n) is 4.62. The summed E-state index contributed by atoms with van der Waals surface area (Å²) in [6.07, 6.45) is -8.74. The Hall–Kier alpha value is -4.21. The number of benzene rings is 3. The van der Waals surface area contributed by atoms with Gasteiger partial charge in [-0.2, -0.15) is 18.1 Å². The number of carbonyl (C=O) groups is 4. The van der Waals surface area contributed by atoms with E-state index in [0.717, 1.165) is 24.3 Å². The van der Waals surface area contributed by atoms with E-state index in [0.29, 0.717) is 18.2 Å². The number of imide groups is 1. The summed E-state index contributed by atoms with van der Waals surface area (Å²) in [7, 11) is 0. The molecule has 3 N–H and O–H groups in total. The first-order valence-electron chi connectivity index (χ1n) is 13.4. The van der Waals surface area contributed by atoms with E-state index in [-0.39, 0.29) is 26.7 Å². The molecule has 1 aliphatic carbocycles. The van der Waals surface area contributed by atoms with Crippen LogP contribution in [0.15, 0.2) is 48.5 Å². The lowest BCUT2D eigenvalue weighted by Crippen LogP contribution is -2.41. The van der Waals surface area contributed by atoms with Gasteiger partial charge in [0.2, 0.25) is 5.91 Å². The molecule has 9 nitrogen and oxygen atoms in total. The molecular formula is C30H22Cl3F6N3O6. The molecule has 0 radical (unpaired) electrons. The van der Waals surface area contributed by atoms with E-state index >= 15 is 4.39 Å².